The minimum atomic E-state index is -7.65. The van der Waals surface area contributed by atoms with Crippen LogP contribution in [0.15, 0.2) is 0 Å². The van der Waals surface area contributed by atoms with Gasteiger partial charge in [-0.2, -0.15) is 61.1 Å². The summed E-state index contributed by atoms with van der Waals surface area (Å²) in [4.78, 5) is -4.02. The van der Waals surface area contributed by atoms with Crippen LogP contribution < -0.4 is 0 Å². The molecule has 1 saturated heterocycles. The smallest absolute Gasteiger partial charge is 0.281 e. The Morgan fingerprint density at radius 3 is 1.33 bits per heavy atom. The van der Waals surface area contributed by atoms with Crippen LogP contribution in [0.4, 0.5) is 52.7 Å². The number of halogens is 12. The minimum Gasteiger partial charge on any atom is -0.281 e. The maximum Gasteiger partial charge on any atom is 0.447 e. The molecular weight excluding hydrogens is 410 g/mol. The quantitative estimate of drug-likeness (QED) is 0.440. The maximum atomic E-state index is 13.2. The van der Waals surface area contributed by atoms with Gasteiger partial charge in [-0.3, -0.25) is 4.55 Å². The highest BCUT2D eigenvalue weighted by Crippen LogP contribution is 2.61. The number of rotatable bonds is 3. The minimum absolute atomic E-state index is 1.72. The Bertz CT molecular complexity index is 603. The molecule has 0 saturated carbocycles. The van der Waals surface area contributed by atoms with Crippen molar-refractivity contribution >= 4 is 10.1 Å². The van der Waals surface area contributed by atoms with Gasteiger partial charge in [0.25, 0.3) is 0 Å². The predicted molar refractivity (Wildman–Crippen MR) is 44.2 cm³/mol. The third-order valence-corrected chi connectivity index (χ3v) is 3.37. The first-order valence-corrected chi connectivity index (χ1v) is 6.26. The molecule has 0 radical (unpaired) electrons. The van der Waals surface area contributed by atoms with Crippen molar-refractivity contribution in [3.63, 3.8) is 0 Å². The van der Waals surface area contributed by atoms with Crippen molar-refractivity contribution in [3.8, 4) is 0 Å². The number of hydrogen-bond donors (Lipinski definition) is 1. The Morgan fingerprint density at radius 1 is 0.792 bits per heavy atom. The van der Waals surface area contributed by atoms with Gasteiger partial charge in [0.2, 0.25) is 0 Å². The van der Waals surface area contributed by atoms with E-state index >= 15 is 0 Å². The summed E-state index contributed by atoms with van der Waals surface area (Å²) >= 11 is 0. The molecule has 0 spiro atoms. The summed E-state index contributed by atoms with van der Waals surface area (Å²) in [5.41, 5.74) is 0. The second-order valence-electron chi connectivity index (χ2n) is 4.09. The molecule has 0 aliphatic carbocycles. The Kier molecular flexibility index (Phi) is 4.19. The molecule has 1 heterocycles. The first-order valence-electron chi connectivity index (χ1n) is 4.82. The summed E-state index contributed by atoms with van der Waals surface area (Å²) < 4.78 is 185. The van der Waals surface area contributed by atoms with Gasteiger partial charge in [0.05, 0.1) is 0 Å². The van der Waals surface area contributed by atoms with Gasteiger partial charge in [-0.05, 0) is 0 Å². The summed E-state index contributed by atoms with van der Waals surface area (Å²) in [7, 11) is -7.51. The van der Waals surface area contributed by atoms with E-state index < -0.39 is 50.6 Å². The first-order chi connectivity index (χ1) is 10.1. The summed E-state index contributed by atoms with van der Waals surface area (Å²) in [5.74, 6) is 0. The number of alkyl halides is 12. The topological polar surface area (TPSA) is 66.8 Å². The van der Waals surface area contributed by atoms with Crippen molar-refractivity contribution in [1.82, 2.24) is 4.90 Å². The zero-order valence-corrected chi connectivity index (χ0v) is 10.9. The van der Waals surface area contributed by atoms with E-state index in [1.165, 1.54) is 0 Å². The van der Waals surface area contributed by atoms with Gasteiger partial charge in [-0.1, -0.05) is 4.90 Å². The van der Waals surface area contributed by atoms with Gasteiger partial charge in [0.15, 0.2) is 0 Å². The van der Waals surface area contributed by atoms with E-state index in [0.717, 1.165) is 0 Å². The van der Waals surface area contributed by atoms with Crippen LogP contribution in [-0.2, 0) is 14.9 Å². The van der Waals surface area contributed by atoms with Crippen molar-refractivity contribution in [2.75, 3.05) is 0 Å². The van der Waals surface area contributed by atoms with Gasteiger partial charge in [0, 0.05) is 0 Å². The second-order valence-corrected chi connectivity index (χ2v) is 5.55. The molecule has 1 N–H and O–H groups in total. The Balaban J connectivity index is 3.79. The molecule has 0 unspecified atom stereocenters. The monoisotopic (exact) mass is 411 g/mol. The lowest BCUT2D eigenvalue weighted by atomic mass is 10.2. The van der Waals surface area contributed by atoms with Crippen molar-refractivity contribution < 1.29 is 70.4 Å². The highest BCUT2D eigenvalue weighted by molar-refractivity contribution is 7.87. The van der Waals surface area contributed by atoms with Crippen molar-refractivity contribution in [1.29, 1.82) is 0 Å². The molecular formula is C6HF12NO4S. The molecule has 1 rings (SSSR count). The number of hydrogen-bond acceptors (Lipinski definition) is 4. The van der Waals surface area contributed by atoms with Gasteiger partial charge in [-0.25, -0.2) is 4.74 Å². The van der Waals surface area contributed by atoms with E-state index in [1.54, 1.807) is 4.74 Å². The fraction of sp³-hybridized carbons (Fsp3) is 1.00. The number of morpholine rings is 1. The van der Waals surface area contributed by atoms with Crippen LogP contribution in [0.3, 0.4) is 0 Å². The molecule has 5 nitrogen and oxygen atoms in total. The van der Waals surface area contributed by atoms with Crippen LogP contribution >= 0.6 is 0 Å². The third kappa shape index (κ3) is 2.41. The van der Waals surface area contributed by atoms with Crippen LogP contribution in [0, 0.1) is 0 Å². The molecule has 24 heavy (non-hydrogen) atoms. The van der Waals surface area contributed by atoms with Gasteiger partial charge < -0.3 is 0 Å². The third-order valence-electron chi connectivity index (χ3n) is 2.47. The van der Waals surface area contributed by atoms with E-state index in [1.807, 2.05) is 0 Å². The second kappa shape index (κ2) is 4.79. The maximum absolute atomic E-state index is 13.2. The summed E-state index contributed by atoms with van der Waals surface area (Å²) in [5, 5.41) is -7.32. The highest BCUT2D eigenvalue weighted by Gasteiger charge is 2.91. The van der Waals surface area contributed by atoms with E-state index in [-0.39, 0.29) is 0 Å². The summed E-state index contributed by atoms with van der Waals surface area (Å²) in [6, 6.07) is -22.2. The fourth-order valence-electron chi connectivity index (χ4n) is 1.36. The standard InChI is InChI=1S/C6HF12NO4S/c7-1(8)4(13,14)23-5(15,16)2(9,10)19(1)3(11,12)6(17,18)24(20,21)22/h(H,20,21,22). The van der Waals surface area contributed by atoms with Crippen molar-refractivity contribution in [2.45, 2.75) is 35.6 Å². The Labute approximate surface area is 122 Å². The molecule has 0 aromatic rings. The van der Waals surface area contributed by atoms with Gasteiger partial charge in [-0.15, -0.1) is 0 Å². The molecule has 0 bridgehead atoms. The van der Waals surface area contributed by atoms with E-state index in [9.17, 15) is 61.1 Å². The molecule has 1 aliphatic rings. The van der Waals surface area contributed by atoms with Crippen LogP contribution in [-0.4, -0.2) is 53.5 Å². The molecule has 0 atom stereocenters. The van der Waals surface area contributed by atoms with Crippen LogP contribution in [0.25, 0.3) is 0 Å². The Morgan fingerprint density at radius 2 is 1.08 bits per heavy atom. The van der Waals surface area contributed by atoms with E-state index in [0.29, 0.717) is 0 Å². The van der Waals surface area contributed by atoms with E-state index in [4.69, 9.17) is 4.55 Å². The number of ether oxygens (including phenoxy) is 1. The summed E-state index contributed by atoms with van der Waals surface area (Å²) in [6.07, 6.45) is -13.8. The lowest BCUT2D eigenvalue weighted by molar-refractivity contribution is -0.590. The first kappa shape index (κ1) is 21.0. The lowest BCUT2D eigenvalue weighted by Crippen LogP contribution is -2.80. The predicted octanol–water partition coefficient (Wildman–Crippen LogP) is 2.76. The molecule has 0 aromatic carbocycles. The van der Waals surface area contributed by atoms with Gasteiger partial charge in [0.1, 0.15) is 0 Å². The zero-order chi connectivity index (χ0) is 19.8. The SMILES string of the molecule is O=S(=O)(O)C(F)(F)C(F)(F)N1C(F)(F)C(F)(F)OC(F)(F)C1(F)F. The normalized spacial score (nSPS) is 27.0. The average Bonchev–Trinajstić information content (AvgIpc) is 2.21. The van der Waals surface area contributed by atoms with Gasteiger partial charge >= 0.3 is 45.7 Å². The molecule has 0 amide bonds. The molecule has 144 valence electrons. The molecule has 1 fully saturated rings. The van der Waals surface area contributed by atoms with Crippen molar-refractivity contribution in [2.24, 2.45) is 0 Å². The molecule has 0 aromatic heterocycles. The molecule has 1 aliphatic heterocycles. The summed E-state index contributed by atoms with van der Waals surface area (Å²) in [6.45, 7) is 0. The van der Waals surface area contributed by atoms with Crippen LogP contribution in [0.1, 0.15) is 0 Å². The van der Waals surface area contributed by atoms with Crippen LogP contribution in [0.5, 0.6) is 0 Å². The molecule has 18 heteroatoms. The highest BCUT2D eigenvalue weighted by atomic mass is 32.2. The fourth-order valence-corrected chi connectivity index (χ4v) is 1.76. The van der Waals surface area contributed by atoms with E-state index in [2.05, 4.69) is 0 Å². The van der Waals surface area contributed by atoms with Crippen LogP contribution in [0.2, 0.25) is 0 Å². The average molecular weight is 411 g/mol. The number of nitrogens with zero attached hydrogens (tertiary/aromatic N) is 1. The lowest BCUT2D eigenvalue weighted by Gasteiger charge is -2.49. The Hall–Kier alpha value is -1.01. The van der Waals surface area contributed by atoms with Crippen molar-refractivity contribution in [3.05, 3.63) is 0 Å². The zero-order valence-electron chi connectivity index (χ0n) is 10.1. The largest absolute Gasteiger partial charge is 0.447 e.